The van der Waals surface area contributed by atoms with Crippen molar-refractivity contribution >= 4 is 28.6 Å². The van der Waals surface area contributed by atoms with E-state index in [0.717, 1.165) is 22.0 Å². The molecule has 0 aliphatic rings. The Hall–Kier alpha value is -3.98. The van der Waals surface area contributed by atoms with Gasteiger partial charge in [0, 0.05) is 17.4 Å². The van der Waals surface area contributed by atoms with Crippen LogP contribution < -0.4 is 5.32 Å². The number of nitrogens with one attached hydrogen (secondary N) is 1. The molecule has 0 fully saturated rings. The summed E-state index contributed by atoms with van der Waals surface area (Å²) in [6, 6.07) is 16.9. The van der Waals surface area contributed by atoms with Crippen molar-refractivity contribution in [1.29, 1.82) is 0 Å². The predicted octanol–water partition coefficient (Wildman–Crippen LogP) is 4.18. The van der Waals surface area contributed by atoms with Crippen LogP contribution in [0.25, 0.3) is 28.4 Å². The van der Waals surface area contributed by atoms with Gasteiger partial charge in [-0.25, -0.2) is 4.98 Å². The zero-order valence-corrected chi connectivity index (χ0v) is 17.6. The number of benzene rings is 1. The van der Waals surface area contributed by atoms with E-state index in [9.17, 15) is 4.79 Å². The average Bonchev–Trinajstić information content (AvgIpc) is 3.36. The lowest BCUT2D eigenvalue weighted by molar-refractivity contribution is 0.103. The van der Waals surface area contributed by atoms with Crippen LogP contribution in [0.4, 0.5) is 5.69 Å². The molecule has 5 rings (SSSR count). The molecule has 0 atom stereocenters. The van der Waals surface area contributed by atoms with E-state index in [2.05, 4.69) is 25.5 Å². The number of thiazole rings is 1. The summed E-state index contributed by atoms with van der Waals surface area (Å²) in [5.74, 6) is 0.427. The zero-order chi connectivity index (χ0) is 21.4. The molecule has 0 aliphatic carbocycles. The minimum Gasteiger partial charge on any atom is -0.321 e. The largest absolute Gasteiger partial charge is 0.321 e. The fourth-order valence-corrected chi connectivity index (χ4v) is 4.07. The lowest BCUT2D eigenvalue weighted by Gasteiger charge is -2.06. The van der Waals surface area contributed by atoms with E-state index >= 15 is 0 Å². The van der Waals surface area contributed by atoms with Crippen molar-refractivity contribution in [2.75, 3.05) is 5.32 Å². The summed E-state index contributed by atoms with van der Waals surface area (Å²) in [5, 5.41) is 16.9. The number of nitrogens with zero attached hydrogens (tertiary/aromatic N) is 6. The number of rotatable bonds is 4. The van der Waals surface area contributed by atoms with Gasteiger partial charge in [-0.05, 0) is 50.2 Å². The molecule has 0 spiro atoms. The van der Waals surface area contributed by atoms with E-state index in [4.69, 9.17) is 5.10 Å². The summed E-state index contributed by atoms with van der Waals surface area (Å²) < 4.78 is 1.68. The average molecular weight is 427 g/mol. The first-order valence-electron chi connectivity index (χ1n) is 9.58. The third kappa shape index (κ3) is 3.66. The van der Waals surface area contributed by atoms with Crippen LogP contribution in [0.5, 0.6) is 0 Å². The van der Waals surface area contributed by atoms with Gasteiger partial charge in [0.05, 0.1) is 16.4 Å². The lowest BCUT2D eigenvalue weighted by atomic mass is 10.1. The lowest BCUT2D eigenvalue weighted by Crippen LogP contribution is -2.11. The maximum absolute atomic E-state index is 12.5. The van der Waals surface area contributed by atoms with Crippen LogP contribution in [0.15, 0.2) is 60.8 Å². The van der Waals surface area contributed by atoms with Crippen LogP contribution in [-0.2, 0) is 0 Å². The summed E-state index contributed by atoms with van der Waals surface area (Å²) in [4.78, 5) is 21.8. The molecule has 8 nitrogen and oxygen atoms in total. The van der Waals surface area contributed by atoms with Crippen LogP contribution in [0.1, 0.15) is 20.4 Å². The summed E-state index contributed by atoms with van der Waals surface area (Å²) >= 11 is 1.39. The molecule has 1 amide bonds. The molecule has 1 N–H and O–H groups in total. The van der Waals surface area contributed by atoms with Crippen molar-refractivity contribution in [2.45, 2.75) is 13.8 Å². The third-order valence-electron chi connectivity index (χ3n) is 4.71. The third-order valence-corrected chi connectivity index (χ3v) is 5.78. The number of carbonyl (C=O) groups excluding carboxylic acids is 1. The second-order valence-electron chi connectivity index (χ2n) is 6.91. The van der Waals surface area contributed by atoms with Gasteiger partial charge in [-0.3, -0.25) is 9.78 Å². The number of hydrogen-bond acceptors (Lipinski definition) is 7. The molecule has 1 aromatic carbocycles. The first-order valence-corrected chi connectivity index (χ1v) is 10.4. The van der Waals surface area contributed by atoms with E-state index in [1.54, 1.807) is 10.7 Å². The summed E-state index contributed by atoms with van der Waals surface area (Å²) in [6.45, 7) is 3.73. The van der Waals surface area contributed by atoms with E-state index in [1.165, 1.54) is 11.3 Å². The van der Waals surface area contributed by atoms with Crippen molar-refractivity contribution in [2.24, 2.45) is 0 Å². The highest BCUT2D eigenvalue weighted by Gasteiger charge is 2.15. The second-order valence-corrected chi connectivity index (χ2v) is 8.11. The molecule has 0 saturated heterocycles. The Labute approximate surface area is 181 Å². The molecule has 0 aliphatic heterocycles. The number of hydrogen-bond donors (Lipinski definition) is 1. The fraction of sp³-hybridized carbons (Fsp3) is 0.0909. The topological polar surface area (TPSA) is 98.0 Å². The van der Waals surface area contributed by atoms with Crippen molar-refractivity contribution < 1.29 is 4.79 Å². The Morgan fingerprint density at radius 1 is 0.968 bits per heavy atom. The SMILES string of the molecule is Cc1nc(C)c(C(=O)Nc2ccc(-c3ccc4nnc(-c5ccccn5)n4n3)cc2)s1. The number of aryl methyl sites for hydroxylation is 2. The van der Waals surface area contributed by atoms with Gasteiger partial charge in [0.1, 0.15) is 10.6 Å². The van der Waals surface area contributed by atoms with Crippen LogP contribution in [0.3, 0.4) is 0 Å². The van der Waals surface area contributed by atoms with E-state index in [-0.39, 0.29) is 5.91 Å². The number of fused-ring (bicyclic) bond motifs is 1. The van der Waals surface area contributed by atoms with Crippen LogP contribution in [-0.4, -0.2) is 35.7 Å². The van der Waals surface area contributed by atoms with Gasteiger partial charge in [0.15, 0.2) is 5.65 Å². The molecule has 31 heavy (non-hydrogen) atoms. The highest BCUT2D eigenvalue weighted by molar-refractivity contribution is 7.13. The molecule has 4 aromatic heterocycles. The normalized spacial score (nSPS) is 11.0. The summed E-state index contributed by atoms with van der Waals surface area (Å²) in [7, 11) is 0. The number of anilines is 1. The number of pyridine rings is 1. The molecule has 5 aromatic rings. The van der Waals surface area contributed by atoms with Crippen LogP contribution >= 0.6 is 11.3 Å². The van der Waals surface area contributed by atoms with Crippen molar-refractivity contribution in [1.82, 2.24) is 29.8 Å². The molecule has 0 radical (unpaired) electrons. The van der Waals surface area contributed by atoms with E-state index in [0.29, 0.717) is 27.7 Å². The summed E-state index contributed by atoms with van der Waals surface area (Å²) in [6.07, 6.45) is 1.71. The minimum atomic E-state index is -0.153. The van der Waals surface area contributed by atoms with Gasteiger partial charge >= 0.3 is 0 Å². The van der Waals surface area contributed by atoms with Gasteiger partial charge in [-0.1, -0.05) is 18.2 Å². The first kappa shape index (κ1) is 19.0. The smallest absolute Gasteiger partial charge is 0.267 e. The minimum absolute atomic E-state index is 0.153. The van der Waals surface area contributed by atoms with Gasteiger partial charge in [0.2, 0.25) is 5.82 Å². The maximum atomic E-state index is 12.5. The Bertz CT molecular complexity index is 1390. The number of amides is 1. The molecule has 0 bridgehead atoms. The summed E-state index contributed by atoms with van der Waals surface area (Å²) in [5.41, 5.74) is 4.46. The molecular formula is C22H17N7OS. The van der Waals surface area contributed by atoms with Crippen molar-refractivity contribution in [3.63, 3.8) is 0 Å². The molecule has 4 heterocycles. The first-order chi connectivity index (χ1) is 15.1. The standard InChI is InChI=1S/C22H17N7OS/c1-13-20(31-14(2)24-13)22(30)25-16-8-6-15(7-9-16)17-10-11-19-26-27-21(29(19)28-17)18-5-3-4-12-23-18/h3-12H,1-2H3,(H,25,30). The van der Waals surface area contributed by atoms with Crippen molar-refractivity contribution in [3.05, 3.63) is 76.4 Å². The highest BCUT2D eigenvalue weighted by Crippen LogP contribution is 2.23. The van der Waals surface area contributed by atoms with Gasteiger partial charge in [0.25, 0.3) is 5.91 Å². The Morgan fingerprint density at radius 2 is 1.81 bits per heavy atom. The predicted molar refractivity (Wildman–Crippen MR) is 119 cm³/mol. The fourth-order valence-electron chi connectivity index (χ4n) is 3.25. The van der Waals surface area contributed by atoms with Crippen LogP contribution in [0, 0.1) is 13.8 Å². The second kappa shape index (κ2) is 7.69. The van der Waals surface area contributed by atoms with E-state index in [1.807, 2.05) is 68.4 Å². The number of carbonyl (C=O) groups is 1. The molecule has 0 saturated carbocycles. The number of aromatic nitrogens is 6. The molecule has 0 unspecified atom stereocenters. The highest BCUT2D eigenvalue weighted by atomic mass is 32.1. The quantitative estimate of drug-likeness (QED) is 0.462. The van der Waals surface area contributed by atoms with E-state index < -0.39 is 0 Å². The Kier molecular flexibility index (Phi) is 4.72. The van der Waals surface area contributed by atoms with Crippen LogP contribution in [0.2, 0.25) is 0 Å². The van der Waals surface area contributed by atoms with Gasteiger partial charge < -0.3 is 5.32 Å². The van der Waals surface area contributed by atoms with Gasteiger partial charge in [-0.15, -0.1) is 21.5 Å². The molecular weight excluding hydrogens is 410 g/mol. The molecule has 152 valence electrons. The Morgan fingerprint density at radius 3 is 2.52 bits per heavy atom. The Balaban J connectivity index is 1.42. The molecule has 9 heteroatoms. The monoisotopic (exact) mass is 427 g/mol. The van der Waals surface area contributed by atoms with Crippen molar-refractivity contribution in [3.8, 4) is 22.8 Å². The zero-order valence-electron chi connectivity index (χ0n) is 16.8. The van der Waals surface area contributed by atoms with Gasteiger partial charge in [-0.2, -0.15) is 9.61 Å². The maximum Gasteiger partial charge on any atom is 0.267 e.